The monoisotopic (exact) mass is 239 g/mol. The minimum atomic E-state index is 0.359. The Morgan fingerprint density at radius 2 is 1.82 bits per heavy atom. The summed E-state index contributed by atoms with van der Waals surface area (Å²) in [6, 6.07) is 0.859. The van der Waals surface area contributed by atoms with Crippen LogP contribution in [0.25, 0.3) is 0 Å². The van der Waals surface area contributed by atoms with Crippen molar-refractivity contribution in [1.82, 2.24) is 4.90 Å². The molecule has 0 bridgehead atoms. The van der Waals surface area contributed by atoms with Gasteiger partial charge in [0.1, 0.15) is 0 Å². The Balaban J connectivity index is 1.91. The predicted molar refractivity (Wildman–Crippen MR) is 72.0 cm³/mol. The number of hydrogen-bond acceptors (Lipinski definition) is 2. The maximum Gasteiger partial charge on any atom is 0.0433 e. The third-order valence-corrected chi connectivity index (χ3v) is 5.05. The normalized spacial score (nSPS) is 31.6. The molecule has 0 aromatic rings. The van der Waals surface area contributed by atoms with Crippen molar-refractivity contribution in [1.29, 1.82) is 0 Å². The molecule has 1 unspecified atom stereocenters. The third kappa shape index (κ3) is 3.23. The van der Waals surface area contributed by atoms with Gasteiger partial charge in [0, 0.05) is 19.2 Å². The minimum Gasteiger partial charge on any atom is -0.396 e. The van der Waals surface area contributed by atoms with E-state index in [4.69, 9.17) is 5.11 Å². The van der Waals surface area contributed by atoms with E-state index in [1.165, 1.54) is 51.6 Å². The fourth-order valence-corrected chi connectivity index (χ4v) is 3.89. The van der Waals surface area contributed by atoms with E-state index in [2.05, 4.69) is 18.7 Å². The maximum absolute atomic E-state index is 9.15. The Morgan fingerprint density at radius 3 is 2.41 bits per heavy atom. The van der Waals surface area contributed by atoms with E-state index >= 15 is 0 Å². The lowest BCUT2D eigenvalue weighted by Crippen LogP contribution is -2.50. The summed E-state index contributed by atoms with van der Waals surface area (Å²) in [5.74, 6) is 0.715. The molecule has 1 N–H and O–H groups in total. The van der Waals surface area contributed by atoms with Gasteiger partial charge < -0.3 is 5.11 Å². The predicted octanol–water partition coefficient (Wildman–Crippen LogP) is 3.05. The number of nitrogens with zero attached hydrogens (tertiary/aromatic N) is 1. The molecule has 1 saturated carbocycles. The summed E-state index contributed by atoms with van der Waals surface area (Å²) < 4.78 is 0. The van der Waals surface area contributed by atoms with Gasteiger partial charge >= 0.3 is 0 Å². The summed E-state index contributed by atoms with van der Waals surface area (Å²) in [4.78, 5) is 2.74. The summed E-state index contributed by atoms with van der Waals surface area (Å²) >= 11 is 0. The summed E-state index contributed by atoms with van der Waals surface area (Å²) in [6.07, 6.45) is 9.42. The van der Waals surface area contributed by atoms with Crippen LogP contribution in [0, 0.1) is 11.3 Å². The lowest BCUT2D eigenvalue weighted by atomic mass is 9.71. The van der Waals surface area contributed by atoms with Gasteiger partial charge in [0.25, 0.3) is 0 Å². The van der Waals surface area contributed by atoms with Crippen molar-refractivity contribution in [3.05, 3.63) is 0 Å². The van der Waals surface area contributed by atoms with Gasteiger partial charge in [-0.3, -0.25) is 4.90 Å². The molecular formula is C15H29NO. The van der Waals surface area contributed by atoms with Gasteiger partial charge in [-0.2, -0.15) is 0 Å². The molecule has 2 nitrogen and oxygen atoms in total. The van der Waals surface area contributed by atoms with E-state index in [9.17, 15) is 0 Å². The Bertz CT molecular complexity index is 233. The molecule has 2 aliphatic rings. The van der Waals surface area contributed by atoms with Crippen molar-refractivity contribution in [2.75, 3.05) is 19.7 Å². The van der Waals surface area contributed by atoms with Gasteiger partial charge in [-0.15, -0.1) is 0 Å². The molecule has 0 radical (unpaired) electrons. The Labute approximate surface area is 106 Å². The average Bonchev–Trinajstić information content (AvgIpc) is 2.33. The van der Waals surface area contributed by atoms with Gasteiger partial charge in [0.05, 0.1) is 0 Å². The second-order valence-electron chi connectivity index (χ2n) is 6.75. The van der Waals surface area contributed by atoms with Crippen LogP contribution in [0.1, 0.15) is 58.8 Å². The average molecular weight is 239 g/mol. The molecule has 2 rings (SSSR count). The molecule has 0 amide bonds. The van der Waals surface area contributed by atoms with Crippen molar-refractivity contribution in [3.8, 4) is 0 Å². The van der Waals surface area contributed by atoms with Crippen molar-refractivity contribution in [2.45, 2.75) is 64.8 Å². The van der Waals surface area contributed by atoms with Crippen molar-refractivity contribution >= 4 is 0 Å². The molecule has 2 fully saturated rings. The van der Waals surface area contributed by atoms with E-state index < -0.39 is 0 Å². The van der Waals surface area contributed by atoms with Crippen molar-refractivity contribution < 1.29 is 5.11 Å². The van der Waals surface area contributed by atoms with Gasteiger partial charge in [0.15, 0.2) is 0 Å². The SMILES string of the molecule is CC1(C)CN(C2CCCCC2)CCC1CCO. The van der Waals surface area contributed by atoms with Crippen molar-refractivity contribution in [3.63, 3.8) is 0 Å². The largest absolute Gasteiger partial charge is 0.396 e. The summed E-state index contributed by atoms with van der Waals surface area (Å²) in [7, 11) is 0. The van der Waals surface area contributed by atoms with Crippen LogP contribution in [-0.2, 0) is 0 Å². The Morgan fingerprint density at radius 1 is 1.12 bits per heavy atom. The fourth-order valence-electron chi connectivity index (χ4n) is 3.89. The minimum absolute atomic E-state index is 0.359. The topological polar surface area (TPSA) is 23.5 Å². The summed E-state index contributed by atoms with van der Waals surface area (Å²) in [5, 5.41) is 9.15. The highest BCUT2D eigenvalue weighted by Crippen LogP contribution is 2.39. The third-order valence-electron chi connectivity index (χ3n) is 5.05. The number of hydrogen-bond donors (Lipinski definition) is 1. The fraction of sp³-hybridized carbons (Fsp3) is 1.00. The number of rotatable bonds is 3. The second-order valence-corrected chi connectivity index (χ2v) is 6.75. The molecule has 2 heteroatoms. The molecule has 0 aromatic heterocycles. The van der Waals surface area contributed by atoms with Crippen LogP contribution in [0.2, 0.25) is 0 Å². The van der Waals surface area contributed by atoms with Crippen molar-refractivity contribution in [2.24, 2.45) is 11.3 Å². The highest BCUT2D eigenvalue weighted by Gasteiger charge is 2.37. The van der Waals surface area contributed by atoms with Crippen LogP contribution in [0.15, 0.2) is 0 Å². The zero-order valence-electron chi connectivity index (χ0n) is 11.6. The standard InChI is InChI=1S/C15H29NO/c1-15(2)12-16(10-8-13(15)9-11-17)14-6-4-3-5-7-14/h13-14,17H,3-12H2,1-2H3. The number of aliphatic hydroxyl groups excluding tert-OH is 1. The van der Waals surface area contributed by atoms with E-state index in [1.807, 2.05) is 0 Å². The van der Waals surface area contributed by atoms with Crippen LogP contribution < -0.4 is 0 Å². The highest BCUT2D eigenvalue weighted by atomic mass is 16.3. The first-order valence-corrected chi connectivity index (χ1v) is 7.48. The first-order chi connectivity index (χ1) is 8.13. The molecule has 1 aliphatic carbocycles. The van der Waals surface area contributed by atoms with Crippen LogP contribution in [0.4, 0.5) is 0 Å². The summed E-state index contributed by atoms with van der Waals surface area (Å²) in [5.41, 5.74) is 0.387. The maximum atomic E-state index is 9.15. The number of likely N-dealkylation sites (tertiary alicyclic amines) is 1. The molecule has 0 aromatic carbocycles. The zero-order valence-corrected chi connectivity index (χ0v) is 11.6. The molecule has 1 aliphatic heterocycles. The first-order valence-electron chi connectivity index (χ1n) is 7.48. The molecule has 100 valence electrons. The van der Waals surface area contributed by atoms with Gasteiger partial charge in [-0.1, -0.05) is 33.1 Å². The first kappa shape index (κ1) is 13.4. The smallest absolute Gasteiger partial charge is 0.0433 e. The molecule has 1 saturated heterocycles. The summed E-state index contributed by atoms with van der Waals surface area (Å²) in [6.45, 7) is 7.64. The van der Waals surface area contributed by atoms with E-state index in [-0.39, 0.29) is 0 Å². The highest BCUT2D eigenvalue weighted by molar-refractivity contribution is 4.90. The zero-order chi connectivity index (χ0) is 12.3. The second kappa shape index (κ2) is 5.71. The Hall–Kier alpha value is -0.0800. The van der Waals surface area contributed by atoms with Gasteiger partial charge in [0.2, 0.25) is 0 Å². The lowest BCUT2D eigenvalue weighted by molar-refractivity contribution is 0.00795. The van der Waals surface area contributed by atoms with Gasteiger partial charge in [-0.25, -0.2) is 0 Å². The number of piperidine rings is 1. The van der Waals surface area contributed by atoms with E-state index in [1.54, 1.807) is 0 Å². The molecule has 1 heterocycles. The van der Waals surface area contributed by atoms with E-state index in [0.29, 0.717) is 17.9 Å². The quantitative estimate of drug-likeness (QED) is 0.818. The number of aliphatic hydroxyl groups is 1. The van der Waals surface area contributed by atoms with Crippen LogP contribution in [0.3, 0.4) is 0 Å². The Kier molecular flexibility index (Phi) is 4.48. The van der Waals surface area contributed by atoms with Crippen LogP contribution in [-0.4, -0.2) is 35.7 Å². The van der Waals surface area contributed by atoms with Crippen LogP contribution >= 0.6 is 0 Å². The molecular weight excluding hydrogens is 210 g/mol. The molecule has 17 heavy (non-hydrogen) atoms. The lowest BCUT2D eigenvalue weighted by Gasteiger charge is -2.48. The van der Waals surface area contributed by atoms with E-state index in [0.717, 1.165) is 12.5 Å². The van der Waals surface area contributed by atoms with Gasteiger partial charge in [-0.05, 0) is 43.6 Å². The molecule has 1 atom stereocenters. The van der Waals surface area contributed by atoms with Crippen LogP contribution in [0.5, 0.6) is 0 Å². The molecule has 0 spiro atoms.